The molecule has 2 unspecified atom stereocenters. The molecule has 0 amide bonds. The van der Waals surface area contributed by atoms with Crippen LogP contribution in [0.25, 0.3) is 0 Å². The van der Waals surface area contributed by atoms with Crippen LogP contribution in [-0.4, -0.2) is 6.04 Å². The Morgan fingerprint density at radius 3 is 2.62 bits per heavy atom. The summed E-state index contributed by atoms with van der Waals surface area (Å²) in [6.07, 6.45) is 5.24. The van der Waals surface area contributed by atoms with Crippen LogP contribution in [0.1, 0.15) is 32.6 Å². The highest BCUT2D eigenvalue weighted by molar-refractivity contribution is 5.50. The molecule has 2 heteroatoms. The Morgan fingerprint density at radius 2 is 1.81 bits per heavy atom. The van der Waals surface area contributed by atoms with E-state index in [0.29, 0.717) is 6.04 Å². The van der Waals surface area contributed by atoms with E-state index in [9.17, 15) is 0 Å². The molecule has 0 aliphatic heterocycles. The van der Waals surface area contributed by atoms with E-state index >= 15 is 0 Å². The van der Waals surface area contributed by atoms with Crippen molar-refractivity contribution in [1.29, 1.82) is 0 Å². The van der Waals surface area contributed by atoms with Crippen molar-refractivity contribution in [3.05, 3.63) is 54.6 Å². The average molecular weight is 281 g/mol. The first kappa shape index (κ1) is 14.0. The lowest BCUT2D eigenvalue weighted by atomic mass is 10.0. The Labute approximate surface area is 127 Å². The largest absolute Gasteiger partial charge is 0.457 e. The Balaban J connectivity index is 1.68. The van der Waals surface area contributed by atoms with E-state index in [1.165, 1.54) is 25.7 Å². The molecule has 2 atom stereocenters. The average Bonchev–Trinajstić information content (AvgIpc) is 2.96. The van der Waals surface area contributed by atoms with Crippen LogP contribution < -0.4 is 10.1 Å². The van der Waals surface area contributed by atoms with Crippen molar-refractivity contribution in [2.45, 2.75) is 38.6 Å². The molecule has 2 aromatic rings. The van der Waals surface area contributed by atoms with Gasteiger partial charge in [0.25, 0.3) is 0 Å². The first-order chi connectivity index (χ1) is 10.3. The molecule has 0 heterocycles. The first-order valence-electron chi connectivity index (χ1n) is 7.94. The fraction of sp³-hybridized carbons (Fsp3) is 0.368. The number of ether oxygens (including phenoxy) is 1. The number of anilines is 1. The van der Waals surface area contributed by atoms with Crippen molar-refractivity contribution in [2.75, 3.05) is 5.32 Å². The summed E-state index contributed by atoms with van der Waals surface area (Å²) in [6.45, 7) is 2.29. The predicted molar refractivity (Wildman–Crippen MR) is 88.0 cm³/mol. The molecule has 1 N–H and O–H groups in total. The minimum absolute atomic E-state index is 0.613. The lowest BCUT2D eigenvalue weighted by Crippen LogP contribution is -2.23. The second kappa shape index (κ2) is 6.66. The SMILES string of the molecule is CCC1CCCC1Nc1cccc(Oc2ccccc2)c1. The maximum atomic E-state index is 5.90. The minimum Gasteiger partial charge on any atom is -0.457 e. The fourth-order valence-corrected chi connectivity index (χ4v) is 3.20. The number of para-hydroxylation sites is 1. The highest BCUT2D eigenvalue weighted by Crippen LogP contribution is 2.32. The van der Waals surface area contributed by atoms with E-state index in [-0.39, 0.29) is 0 Å². The molecule has 2 nitrogen and oxygen atoms in total. The number of benzene rings is 2. The van der Waals surface area contributed by atoms with Crippen LogP contribution in [0, 0.1) is 5.92 Å². The van der Waals surface area contributed by atoms with Gasteiger partial charge in [0, 0.05) is 17.8 Å². The summed E-state index contributed by atoms with van der Waals surface area (Å²) in [5, 5.41) is 3.69. The van der Waals surface area contributed by atoms with E-state index in [0.717, 1.165) is 23.1 Å². The smallest absolute Gasteiger partial charge is 0.129 e. The van der Waals surface area contributed by atoms with Crippen LogP contribution >= 0.6 is 0 Å². The van der Waals surface area contributed by atoms with E-state index < -0.39 is 0 Å². The monoisotopic (exact) mass is 281 g/mol. The van der Waals surface area contributed by atoms with Gasteiger partial charge in [-0.2, -0.15) is 0 Å². The van der Waals surface area contributed by atoms with Gasteiger partial charge >= 0.3 is 0 Å². The summed E-state index contributed by atoms with van der Waals surface area (Å²) < 4.78 is 5.90. The van der Waals surface area contributed by atoms with E-state index in [2.05, 4.69) is 30.4 Å². The van der Waals surface area contributed by atoms with Crippen molar-refractivity contribution in [3.63, 3.8) is 0 Å². The number of hydrogen-bond acceptors (Lipinski definition) is 2. The van der Waals surface area contributed by atoms with Gasteiger partial charge in [-0.1, -0.05) is 44.0 Å². The second-order valence-corrected chi connectivity index (χ2v) is 5.79. The van der Waals surface area contributed by atoms with Crippen molar-refractivity contribution in [1.82, 2.24) is 0 Å². The van der Waals surface area contributed by atoms with Gasteiger partial charge in [-0.05, 0) is 43.0 Å². The van der Waals surface area contributed by atoms with Gasteiger partial charge in [0.05, 0.1) is 0 Å². The molecule has 0 radical (unpaired) electrons. The van der Waals surface area contributed by atoms with E-state index in [1.54, 1.807) is 0 Å². The second-order valence-electron chi connectivity index (χ2n) is 5.79. The molecule has 0 aromatic heterocycles. The normalized spacial score (nSPS) is 21.2. The predicted octanol–water partition coefficient (Wildman–Crippen LogP) is 5.47. The van der Waals surface area contributed by atoms with Crippen LogP contribution in [0.3, 0.4) is 0 Å². The molecule has 21 heavy (non-hydrogen) atoms. The summed E-state index contributed by atoms with van der Waals surface area (Å²) >= 11 is 0. The summed E-state index contributed by atoms with van der Waals surface area (Å²) in [5.74, 6) is 2.57. The molecule has 0 bridgehead atoms. The van der Waals surface area contributed by atoms with Gasteiger partial charge in [0.1, 0.15) is 11.5 Å². The van der Waals surface area contributed by atoms with Crippen molar-refractivity contribution in [2.24, 2.45) is 5.92 Å². The zero-order chi connectivity index (χ0) is 14.5. The third-order valence-corrected chi connectivity index (χ3v) is 4.35. The first-order valence-corrected chi connectivity index (χ1v) is 7.94. The van der Waals surface area contributed by atoms with Crippen LogP contribution in [0.2, 0.25) is 0 Å². The Hall–Kier alpha value is -1.96. The van der Waals surface area contributed by atoms with Crippen LogP contribution in [0.5, 0.6) is 11.5 Å². The zero-order valence-electron chi connectivity index (χ0n) is 12.6. The minimum atomic E-state index is 0.613. The van der Waals surface area contributed by atoms with Crippen molar-refractivity contribution < 1.29 is 4.74 Å². The van der Waals surface area contributed by atoms with Gasteiger partial charge in [0.15, 0.2) is 0 Å². The molecular formula is C19H23NO. The summed E-state index contributed by atoms with van der Waals surface area (Å²) in [5.41, 5.74) is 1.16. The molecular weight excluding hydrogens is 258 g/mol. The summed E-state index contributed by atoms with van der Waals surface area (Å²) in [6, 6.07) is 18.8. The van der Waals surface area contributed by atoms with Gasteiger partial charge in [-0.3, -0.25) is 0 Å². The van der Waals surface area contributed by atoms with Crippen LogP contribution in [-0.2, 0) is 0 Å². The van der Waals surface area contributed by atoms with Gasteiger partial charge in [-0.15, -0.1) is 0 Å². The molecule has 110 valence electrons. The molecule has 0 spiro atoms. The number of nitrogens with one attached hydrogen (secondary N) is 1. The van der Waals surface area contributed by atoms with Crippen molar-refractivity contribution >= 4 is 5.69 Å². The fourth-order valence-electron chi connectivity index (χ4n) is 3.20. The molecule has 1 aliphatic carbocycles. The highest BCUT2D eigenvalue weighted by atomic mass is 16.5. The highest BCUT2D eigenvalue weighted by Gasteiger charge is 2.25. The van der Waals surface area contributed by atoms with Gasteiger partial charge < -0.3 is 10.1 Å². The van der Waals surface area contributed by atoms with Crippen molar-refractivity contribution in [3.8, 4) is 11.5 Å². The molecule has 2 aromatic carbocycles. The number of rotatable bonds is 5. The lowest BCUT2D eigenvalue weighted by Gasteiger charge is -2.21. The van der Waals surface area contributed by atoms with E-state index in [4.69, 9.17) is 4.74 Å². The van der Waals surface area contributed by atoms with E-state index in [1.807, 2.05) is 36.4 Å². The summed E-state index contributed by atoms with van der Waals surface area (Å²) in [7, 11) is 0. The molecule has 1 saturated carbocycles. The Morgan fingerprint density at radius 1 is 1.00 bits per heavy atom. The topological polar surface area (TPSA) is 21.3 Å². The third-order valence-electron chi connectivity index (χ3n) is 4.35. The Kier molecular flexibility index (Phi) is 4.44. The standard InChI is InChI=1S/C19H23NO/c1-2-15-8-6-13-19(15)20-16-9-7-12-18(14-16)21-17-10-4-3-5-11-17/h3-5,7,9-12,14-15,19-20H,2,6,8,13H2,1H3. The molecule has 1 aliphatic rings. The maximum Gasteiger partial charge on any atom is 0.129 e. The summed E-state index contributed by atoms with van der Waals surface area (Å²) in [4.78, 5) is 0. The molecule has 0 saturated heterocycles. The Bertz CT molecular complexity index is 567. The third kappa shape index (κ3) is 3.57. The van der Waals surface area contributed by atoms with Gasteiger partial charge in [-0.25, -0.2) is 0 Å². The van der Waals surface area contributed by atoms with Crippen LogP contribution in [0.4, 0.5) is 5.69 Å². The molecule has 3 rings (SSSR count). The molecule has 1 fully saturated rings. The number of hydrogen-bond donors (Lipinski definition) is 1. The van der Waals surface area contributed by atoms with Crippen LogP contribution in [0.15, 0.2) is 54.6 Å². The quantitative estimate of drug-likeness (QED) is 0.784. The van der Waals surface area contributed by atoms with Gasteiger partial charge in [0.2, 0.25) is 0 Å². The zero-order valence-corrected chi connectivity index (χ0v) is 12.6. The maximum absolute atomic E-state index is 5.90. The lowest BCUT2D eigenvalue weighted by molar-refractivity contribution is 0.480.